The number of hydrogen-bond donors (Lipinski definition) is 2. The van der Waals surface area contributed by atoms with E-state index in [2.05, 4.69) is 0 Å². The maximum Gasteiger partial charge on any atom is 0.342 e. The second-order valence-corrected chi connectivity index (χ2v) is 4.22. The van der Waals surface area contributed by atoms with E-state index in [4.69, 9.17) is 26.9 Å². The summed E-state index contributed by atoms with van der Waals surface area (Å²) in [5.74, 6) is 5.99. The van der Waals surface area contributed by atoms with E-state index in [0.29, 0.717) is 24.7 Å². The quantitative estimate of drug-likeness (QED) is 0.461. The van der Waals surface area contributed by atoms with Crippen LogP contribution in [0.5, 0.6) is 11.5 Å². The number of hydrazine groups is 1. The number of benzene rings is 1. The van der Waals surface area contributed by atoms with Crippen LogP contribution >= 0.6 is 11.6 Å². The van der Waals surface area contributed by atoms with Crippen LogP contribution in [0.4, 0.5) is 8.78 Å². The Kier molecular flexibility index (Phi) is 5.78. The molecule has 19 heavy (non-hydrogen) atoms. The zero-order valence-electron chi connectivity index (χ0n) is 10.8. The topological polar surface area (TPSA) is 56.5 Å². The molecule has 0 heterocycles. The van der Waals surface area contributed by atoms with E-state index in [1.165, 1.54) is 12.1 Å². The fourth-order valence-corrected chi connectivity index (χ4v) is 1.82. The molecule has 0 spiro atoms. The summed E-state index contributed by atoms with van der Waals surface area (Å²) in [5.41, 5.74) is 2.22. The van der Waals surface area contributed by atoms with Gasteiger partial charge in [0.05, 0.1) is 13.2 Å². The molecular formula is C12H17ClF2N2O2. The van der Waals surface area contributed by atoms with Crippen LogP contribution in [0.1, 0.15) is 25.5 Å². The van der Waals surface area contributed by atoms with Crippen LogP contribution in [0, 0.1) is 0 Å². The van der Waals surface area contributed by atoms with E-state index in [1.807, 2.05) is 12.3 Å². The Bertz CT molecular complexity index is 413. The molecule has 0 aliphatic rings. The Hall–Kier alpha value is -1.11. The number of nitrogens with two attached hydrogens (primary N) is 1. The number of nitrogens with one attached hydrogen (secondary N) is 1. The van der Waals surface area contributed by atoms with Gasteiger partial charge in [-0.05, 0) is 43.1 Å². The monoisotopic (exact) mass is 294 g/mol. The summed E-state index contributed by atoms with van der Waals surface area (Å²) < 4.78 is 37.1. The molecule has 0 radical (unpaired) electrons. The number of rotatable bonds is 7. The first-order chi connectivity index (χ1) is 8.93. The highest BCUT2D eigenvalue weighted by atomic mass is 35.5. The molecule has 0 saturated heterocycles. The molecule has 1 aromatic carbocycles. The molecule has 1 rings (SSSR count). The van der Waals surface area contributed by atoms with Gasteiger partial charge in [-0.25, -0.2) is 5.43 Å². The maximum atomic E-state index is 13.2. The molecule has 0 saturated carbocycles. The number of ether oxygens (including phenoxy) is 2. The molecule has 1 atom stereocenters. The van der Waals surface area contributed by atoms with Gasteiger partial charge < -0.3 is 9.47 Å². The Balaban J connectivity index is 3.12. The molecule has 1 unspecified atom stereocenters. The van der Waals surface area contributed by atoms with Crippen LogP contribution in [0.25, 0.3) is 0 Å². The zero-order chi connectivity index (χ0) is 14.5. The van der Waals surface area contributed by atoms with Crippen molar-refractivity contribution in [2.45, 2.75) is 25.3 Å². The summed E-state index contributed by atoms with van der Waals surface area (Å²) in [6, 6.07) is 2.95. The van der Waals surface area contributed by atoms with Crippen molar-refractivity contribution in [1.82, 2.24) is 5.43 Å². The summed E-state index contributed by atoms with van der Waals surface area (Å²) in [7, 11) is 0. The molecule has 0 aliphatic carbocycles. The minimum atomic E-state index is -3.51. The van der Waals surface area contributed by atoms with Crippen LogP contribution in [0.15, 0.2) is 18.2 Å². The van der Waals surface area contributed by atoms with E-state index in [0.717, 1.165) is 0 Å². The fourth-order valence-electron chi connectivity index (χ4n) is 1.63. The van der Waals surface area contributed by atoms with Crippen molar-refractivity contribution in [2.24, 2.45) is 5.84 Å². The first-order valence-corrected chi connectivity index (χ1v) is 6.24. The highest BCUT2D eigenvalue weighted by molar-refractivity contribution is 6.22. The first-order valence-electron chi connectivity index (χ1n) is 5.86. The lowest BCUT2D eigenvalue weighted by molar-refractivity contribution is 0.0496. The van der Waals surface area contributed by atoms with Gasteiger partial charge in [-0.1, -0.05) is 6.07 Å². The van der Waals surface area contributed by atoms with Gasteiger partial charge in [0.2, 0.25) is 0 Å². The predicted molar refractivity (Wildman–Crippen MR) is 69.6 cm³/mol. The minimum absolute atomic E-state index is 0.217. The molecule has 0 bridgehead atoms. The number of halogens is 3. The van der Waals surface area contributed by atoms with Crippen molar-refractivity contribution in [1.29, 1.82) is 0 Å². The smallest absolute Gasteiger partial charge is 0.342 e. The fraction of sp³-hybridized carbons (Fsp3) is 0.500. The van der Waals surface area contributed by atoms with Crippen molar-refractivity contribution in [2.75, 3.05) is 13.2 Å². The van der Waals surface area contributed by atoms with Gasteiger partial charge in [-0.15, -0.1) is 0 Å². The van der Waals surface area contributed by atoms with Gasteiger partial charge in [-0.3, -0.25) is 5.84 Å². The molecular weight excluding hydrogens is 278 g/mol. The van der Waals surface area contributed by atoms with Gasteiger partial charge in [0.25, 0.3) is 0 Å². The van der Waals surface area contributed by atoms with Gasteiger partial charge >= 0.3 is 5.38 Å². The average molecular weight is 295 g/mol. The third kappa shape index (κ3) is 4.19. The molecule has 7 heteroatoms. The Morgan fingerprint density at radius 2 is 1.84 bits per heavy atom. The Morgan fingerprint density at radius 3 is 2.32 bits per heavy atom. The molecule has 4 nitrogen and oxygen atoms in total. The van der Waals surface area contributed by atoms with E-state index in [1.54, 1.807) is 13.0 Å². The lowest BCUT2D eigenvalue weighted by atomic mass is 10.1. The summed E-state index contributed by atoms with van der Waals surface area (Å²) >= 11 is 5.02. The zero-order valence-corrected chi connectivity index (χ0v) is 11.5. The summed E-state index contributed by atoms with van der Waals surface area (Å²) in [4.78, 5) is 0. The van der Waals surface area contributed by atoms with Crippen LogP contribution in [-0.2, 0) is 0 Å². The van der Waals surface area contributed by atoms with Gasteiger partial charge in [0, 0.05) is 0 Å². The maximum absolute atomic E-state index is 13.2. The van der Waals surface area contributed by atoms with E-state index in [9.17, 15) is 8.78 Å². The molecule has 0 amide bonds. The van der Waals surface area contributed by atoms with Crippen molar-refractivity contribution in [3.63, 3.8) is 0 Å². The van der Waals surface area contributed by atoms with Crippen molar-refractivity contribution in [3.8, 4) is 11.5 Å². The summed E-state index contributed by atoms with van der Waals surface area (Å²) in [5, 5.41) is -3.51. The highest BCUT2D eigenvalue weighted by Crippen LogP contribution is 2.38. The lowest BCUT2D eigenvalue weighted by Gasteiger charge is -2.22. The third-order valence-electron chi connectivity index (χ3n) is 2.39. The van der Waals surface area contributed by atoms with Gasteiger partial charge in [0.1, 0.15) is 6.04 Å². The molecule has 0 aliphatic heterocycles. The molecule has 3 N–H and O–H groups in total. The molecule has 1 aromatic rings. The number of alkyl halides is 3. The summed E-state index contributed by atoms with van der Waals surface area (Å²) in [6.45, 7) is 4.45. The molecule has 0 aromatic heterocycles. The van der Waals surface area contributed by atoms with Crippen LogP contribution in [-0.4, -0.2) is 18.6 Å². The normalized spacial score (nSPS) is 13.2. The van der Waals surface area contributed by atoms with Crippen LogP contribution in [0.2, 0.25) is 0 Å². The average Bonchev–Trinajstić information content (AvgIpc) is 2.32. The lowest BCUT2D eigenvalue weighted by Crippen LogP contribution is -2.37. The molecule has 108 valence electrons. The third-order valence-corrected chi connectivity index (χ3v) is 2.61. The highest BCUT2D eigenvalue weighted by Gasteiger charge is 2.38. The van der Waals surface area contributed by atoms with Crippen molar-refractivity contribution >= 4 is 11.6 Å². The SMILES string of the molecule is CCOc1ccc(C(NN)C(F)(F)Cl)cc1OCC. The second kappa shape index (κ2) is 6.88. The van der Waals surface area contributed by atoms with Crippen molar-refractivity contribution in [3.05, 3.63) is 23.8 Å². The second-order valence-electron chi connectivity index (χ2n) is 3.71. The van der Waals surface area contributed by atoms with E-state index >= 15 is 0 Å². The number of hydrogen-bond acceptors (Lipinski definition) is 4. The summed E-state index contributed by atoms with van der Waals surface area (Å²) in [6.07, 6.45) is 0. The van der Waals surface area contributed by atoms with E-state index < -0.39 is 11.4 Å². The standard InChI is InChI=1S/C12H17ClF2N2O2/c1-3-18-9-6-5-8(7-10(9)19-4-2)11(17-16)12(13,14)15/h5-7,11,17H,3-4,16H2,1-2H3. The minimum Gasteiger partial charge on any atom is -0.490 e. The first kappa shape index (κ1) is 15.9. The Labute approximate surface area is 115 Å². The Morgan fingerprint density at radius 1 is 1.26 bits per heavy atom. The van der Waals surface area contributed by atoms with E-state index in [-0.39, 0.29) is 5.56 Å². The van der Waals surface area contributed by atoms with Crippen molar-refractivity contribution < 1.29 is 18.3 Å². The van der Waals surface area contributed by atoms with Gasteiger partial charge in [0.15, 0.2) is 11.5 Å². The predicted octanol–water partition coefficient (Wildman–Crippen LogP) is 2.82. The van der Waals surface area contributed by atoms with Crippen LogP contribution < -0.4 is 20.7 Å². The molecule has 0 fully saturated rings. The largest absolute Gasteiger partial charge is 0.490 e. The van der Waals surface area contributed by atoms with Gasteiger partial charge in [-0.2, -0.15) is 8.78 Å². The van der Waals surface area contributed by atoms with Crippen LogP contribution in [0.3, 0.4) is 0 Å².